The van der Waals surface area contributed by atoms with Crippen molar-refractivity contribution in [2.24, 2.45) is 0 Å². The molecule has 5 rings (SSSR count). The Kier molecular flexibility index (Phi) is 5.89. The fraction of sp³-hybridized carbons (Fsp3) is 0.120. The first-order valence-electron chi connectivity index (χ1n) is 10.7. The maximum absolute atomic E-state index is 12.7. The van der Waals surface area contributed by atoms with Crippen molar-refractivity contribution >= 4 is 11.8 Å². The van der Waals surface area contributed by atoms with Gasteiger partial charge in [-0.2, -0.15) is 0 Å². The van der Waals surface area contributed by atoms with E-state index in [-0.39, 0.29) is 12.2 Å². The van der Waals surface area contributed by atoms with Gasteiger partial charge < -0.3 is 9.47 Å². The molecule has 170 valence electrons. The van der Waals surface area contributed by atoms with E-state index in [2.05, 4.69) is 20.9 Å². The second-order valence-electron chi connectivity index (χ2n) is 7.53. The van der Waals surface area contributed by atoms with Gasteiger partial charge in [-0.15, -0.1) is 5.10 Å². The maximum Gasteiger partial charge on any atom is 0.309 e. The lowest BCUT2D eigenvalue weighted by molar-refractivity contribution is -0.121. The average molecular weight is 455 g/mol. The van der Waals surface area contributed by atoms with E-state index >= 15 is 0 Å². The van der Waals surface area contributed by atoms with E-state index in [9.17, 15) is 9.59 Å². The summed E-state index contributed by atoms with van der Waals surface area (Å²) >= 11 is 0. The van der Waals surface area contributed by atoms with Crippen molar-refractivity contribution in [2.45, 2.75) is 6.42 Å². The summed E-state index contributed by atoms with van der Waals surface area (Å²) in [5, 5.41) is 4.38. The zero-order valence-corrected chi connectivity index (χ0v) is 18.1. The minimum atomic E-state index is -0.623. The smallest absolute Gasteiger partial charge is 0.309 e. The first kappa shape index (κ1) is 21.2. The van der Waals surface area contributed by atoms with Gasteiger partial charge in [-0.1, -0.05) is 54.6 Å². The van der Waals surface area contributed by atoms with Crippen LogP contribution in [0.25, 0.3) is 17.1 Å². The van der Waals surface area contributed by atoms with Crippen molar-refractivity contribution in [3.8, 4) is 28.6 Å². The highest BCUT2D eigenvalue weighted by molar-refractivity contribution is 5.92. The molecule has 0 radical (unpaired) electrons. The Morgan fingerprint density at radius 1 is 0.853 bits per heavy atom. The van der Waals surface area contributed by atoms with Crippen molar-refractivity contribution in [3.63, 3.8) is 0 Å². The molecule has 34 heavy (non-hydrogen) atoms. The molecule has 0 unspecified atom stereocenters. The number of fused-ring (bicyclic) bond motifs is 1. The lowest BCUT2D eigenvalue weighted by atomic mass is 10.1. The number of nitrogens with one attached hydrogen (secondary N) is 2. The first-order chi connectivity index (χ1) is 16.7. The topological polar surface area (TPSA) is 107 Å². The Hall–Kier alpha value is -4.66. The van der Waals surface area contributed by atoms with Gasteiger partial charge in [0.15, 0.2) is 17.3 Å². The SMILES string of the molecule is O=C(Cc1ccc2c(c1)OCCO2)NNC(=O)c1nc(-c2ccccc2)n(-c2ccccc2)n1. The summed E-state index contributed by atoms with van der Waals surface area (Å²) in [6.45, 7) is 0.964. The third-order valence-corrected chi connectivity index (χ3v) is 5.13. The van der Waals surface area contributed by atoms with Crippen LogP contribution in [0.3, 0.4) is 0 Å². The highest BCUT2D eigenvalue weighted by Crippen LogP contribution is 2.30. The molecule has 9 nitrogen and oxygen atoms in total. The van der Waals surface area contributed by atoms with Crippen LogP contribution in [0, 0.1) is 0 Å². The van der Waals surface area contributed by atoms with E-state index in [0.717, 1.165) is 16.8 Å². The molecule has 0 bridgehead atoms. The van der Waals surface area contributed by atoms with Crippen LogP contribution in [-0.2, 0) is 11.2 Å². The van der Waals surface area contributed by atoms with Crippen LogP contribution in [0.5, 0.6) is 11.5 Å². The molecule has 1 aliphatic heterocycles. The number of hydrazine groups is 1. The Labute approximate surface area is 195 Å². The van der Waals surface area contributed by atoms with E-state index < -0.39 is 11.8 Å². The molecule has 4 aromatic rings. The molecule has 3 aromatic carbocycles. The molecule has 0 aliphatic carbocycles. The molecule has 1 aliphatic rings. The highest BCUT2D eigenvalue weighted by atomic mass is 16.6. The first-order valence-corrected chi connectivity index (χ1v) is 10.7. The Morgan fingerprint density at radius 3 is 2.32 bits per heavy atom. The largest absolute Gasteiger partial charge is 0.486 e. The molecule has 2 amide bonds. The monoisotopic (exact) mass is 455 g/mol. The summed E-state index contributed by atoms with van der Waals surface area (Å²) in [7, 11) is 0. The fourth-order valence-corrected chi connectivity index (χ4v) is 3.54. The van der Waals surface area contributed by atoms with Crippen LogP contribution in [0.1, 0.15) is 16.2 Å². The van der Waals surface area contributed by atoms with Gasteiger partial charge in [-0.3, -0.25) is 20.4 Å². The predicted molar refractivity (Wildman–Crippen MR) is 124 cm³/mol. The highest BCUT2D eigenvalue weighted by Gasteiger charge is 2.19. The van der Waals surface area contributed by atoms with Crippen molar-refractivity contribution in [1.29, 1.82) is 0 Å². The Balaban J connectivity index is 1.29. The molecule has 1 aromatic heterocycles. The Bertz CT molecular complexity index is 1260. The van der Waals surface area contributed by atoms with Crippen LogP contribution in [0.4, 0.5) is 0 Å². The Morgan fingerprint density at radius 2 is 1.56 bits per heavy atom. The number of rotatable bonds is 5. The van der Waals surface area contributed by atoms with Crippen LogP contribution >= 0.6 is 0 Å². The molecule has 2 heterocycles. The fourth-order valence-electron chi connectivity index (χ4n) is 3.54. The number of ether oxygens (including phenoxy) is 2. The van der Waals surface area contributed by atoms with E-state index in [1.54, 1.807) is 22.9 Å². The van der Waals surface area contributed by atoms with E-state index in [1.807, 2.05) is 60.7 Å². The quantitative estimate of drug-likeness (QED) is 0.448. The lowest BCUT2D eigenvalue weighted by Crippen LogP contribution is -2.42. The minimum absolute atomic E-state index is 0.0536. The number of carbonyl (C=O) groups is 2. The number of para-hydroxylation sites is 1. The van der Waals surface area contributed by atoms with Gasteiger partial charge in [0.1, 0.15) is 13.2 Å². The molecule has 9 heteroatoms. The van der Waals surface area contributed by atoms with Crippen molar-refractivity contribution in [3.05, 3.63) is 90.3 Å². The standard InChI is InChI=1S/C25H21N5O4/c31-22(16-17-11-12-20-21(15-17)34-14-13-33-20)27-28-25(32)23-26-24(18-7-3-1-4-8-18)30(29-23)19-9-5-2-6-10-19/h1-12,15H,13-14,16H2,(H,27,31)(H,28,32). The maximum atomic E-state index is 12.7. The molecule has 0 atom stereocenters. The average Bonchev–Trinajstić information content (AvgIpc) is 3.34. The number of hydrogen-bond donors (Lipinski definition) is 2. The van der Waals surface area contributed by atoms with Crippen LogP contribution in [0.15, 0.2) is 78.9 Å². The second kappa shape index (κ2) is 9.45. The van der Waals surface area contributed by atoms with Gasteiger partial charge >= 0.3 is 5.91 Å². The minimum Gasteiger partial charge on any atom is -0.486 e. The number of amides is 2. The van der Waals surface area contributed by atoms with Crippen molar-refractivity contribution < 1.29 is 19.1 Å². The molecule has 2 N–H and O–H groups in total. The lowest BCUT2D eigenvalue weighted by Gasteiger charge is -2.18. The van der Waals surface area contributed by atoms with Gasteiger partial charge in [0.2, 0.25) is 11.7 Å². The van der Waals surface area contributed by atoms with Gasteiger partial charge in [0.25, 0.3) is 0 Å². The van der Waals surface area contributed by atoms with Gasteiger partial charge in [-0.05, 0) is 29.8 Å². The summed E-state index contributed by atoms with van der Waals surface area (Å²) in [5.74, 6) is 0.683. The predicted octanol–water partition coefficient (Wildman–Crippen LogP) is 2.71. The zero-order valence-electron chi connectivity index (χ0n) is 18.1. The zero-order chi connectivity index (χ0) is 23.3. The second-order valence-corrected chi connectivity index (χ2v) is 7.53. The normalized spacial score (nSPS) is 12.1. The van der Waals surface area contributed by atoms with E-state index in [0.29, 0.717) is 30.5 Å². The van der Waals surface area contributed by atoms with Crippen LogP contribution in [-0.4, -0.2) is 39.8 Å². The summed E-state index contributed by atoms with van der Waals surface area (Å²) in [4.78, 5) is 29.5. The number of benzene rings is 3. The van der Waals surface area contributed by atoms with Crippen molar-refractivity contribution in [2.75, 3.05) is 13.2 Å². The summed E-state index contributed by atoms with van der Waals surface area (Å²) in [6, 6.07) is 24.2. The number of nitrogens with zero attached hydrogens (tertiary/aromatic N) is 3. The van der Waals surface area contributed by atoms with Crippen LogP contribution < -0.4 is 20.3 Å². The van der Waals surface area contributed by atoms with E-state index in [1.165, 1.54) is 0 Å². The summed E-state index contributed by atoms with van der Waals surface area (Å²) in [5.41, 5.74) is 7.11. The van der Waals surface area contributed by atoms with Gasteiger partial charge in [-0.25, -0.2) is 9.67 Å². The molecular weight excluding hydrogens is 434 g/mol. The number of aromatic nitrogens is 3. The molecule has 0 saturated heterocycles. The molecule has 0 spiro atoms. The van der Waals surface area contributed by atoms with E-state index in [4.69, 9.17) is 9.47 Å². The third-order valence-electron chi connectivity index (χ3n) is 5.13. The third kappa shape index (κ3) is 4.58. The van der Waals surface area contributed by atoms with Crippen LogP contribution in [0.2, 0.25) is 0 Å². The van der Waals surface area contributed by atoms with Crippen molar-refractivity contribution in [1.82, 2.24) is 25.6 Å². The number of carbonyl (C=O) groups excluding carboxylic acids is 2. The summed E-state index contributed by atoms with van der Waals surface area (Å²) in [6.07, 6.45) is 0.0536. The number of hydrogen-bond acceptors (Lipinski definition) is 6. The molecule has 0 saturated carbocycles. The van der Waals surface area contributed by atoms with Gasteiger partial charge in [0, 0.05) is 5.56 Å². The molecule has 0 fully saturated rings. The summed E-state index contributed by atoms with van der Waals surface area (Å²) < 4.78 is 12.6. The van der Waals surface area contributed by atoms with Gasteiger partial charge in [0.05, 0.1) is 12.1 Å². The molecular formula is C25H21N5O4.